The van der Waals surface area contributed by atoms with E-state index in [1.54, 1.807) is 0 Å². The van der Waals surface area contributed by atoms with Gasteiger partial charge < -0.3 is 5.73 Å². The maximum absolute atomic E-state index is 5.75. The molecule has 56 valence electrons. The average molecular weight is 167 g/mol. The van der Waals surface area contributed by atoms with Crippen LogP contribution in [0.25, 0.3) is 0 Å². The summed E-state index contributed by atoms with van der Waals surface area (Å²) in [5.74, 6) is 2.79. The third-order valence-electron chi connectivity index (χ3n) is 1.45. The Morgan fingerprint density at radius 3 is 2.82 bits per heavy atom. The number of nitrogens with zero attached hydrogens (tertiary/aromatic N) is 1. The van der Waals surface area contributed by atoms with E-state index in [4.69, 9.17) is 23.8 Å². The highest BCUT2D eigenvalue weighted by Gasteiger charge is 2.04. The molecule has 1 heterocycles. The van der Waals surface area contributed by atoms with E-state index >= 15 is 0 Å². The standard InChI is InChI=1S/C8H7ClN2/c1-3-6-5(2)7(9)4-11-8(6)10/h1,4H,2H3,(H2,10,11). The van der Waals surface area contributed by atoms with E-state index < -0.39 is 0 Å². The Labute approximate surface area is 70.4 Å². The zero-order chi connectivity index (χ0) is 8.43. The van der Waals surface area contributed by atoms with Crippen LogP contribution in [-0.4, -0.2) is 4.98 Å². The van der Waals surface area contributed by atoms with Gasteiger partial charge in [0.15, 0.2) is 0 Å². The second kappa shape index (κ2) is 2.81. The van der Waals surface area contributed by atoms with Crippen molar-refractivity contribution in [3.63, 3.8) is 0 Å². The lowest BCUT2D eigenvalue weighted by atomic mass is 10.1. The number of aromatic nitrogens is 1. The molecule has 0 aliphatic heterocycles. The minimum atomic E-state index is 0.356. The van der Waals surface area contributed by atoms with Gasteiger partial charge in [0.05, 0.1) is 10.6 Å². The van der Waals surface area contributed by atoms with Crippen LogP contribution in [0.1, 0.15) is 11.1 Å². The van der Waals surface area contributed by atoms with Gasteiger partial charge >= 0.3 is 0 Å². The second-order valence-corrected chi connectivity index (χ2v) is 2.54. The van der Waals surface area contributed by atoms with Crippen molar-refractivity contribution in [3.8, 4) is 12.3 Å². The molecule has 2 N–H and O–H groups in total. The van der Waals surface area contributed by atoms with Crippen molar-refractivity contribution in [2.24, 2.45) is 0 Å². The monoisotopic (exact) mass is 166 g/mol. The fraction of sp³-hybridized carbons (Fsp3) is 0.125. The van der Waals surface area contributed by atoms with Gasteiger partial charge in [-0.1, -0.05) is 17.5 Å². The first kappa shape index (κ1) is 7.90. The predicted molar refractivity (Wildman–Crippen MR) is 46.3 cm³/mol. The quantitative estimate of drug-likeness (QED) is 0.595. The van der Waals surface area contributed by atoms with Crippen molar-refractivity contribution in [3.05, 3.63) is 22.3 Å². The van der Waals surface area contributed by atoms with Crippen molar-refractivity contribution in [1.29, 1.82) is 0 Å². The van der Waals surface area contributed by atoms with E-state index in [1.807, 2.05) is 6.92 Å². The molecule has 11 heavy (non-hydrogen) atoms. The molecule has 0 fully saturated rings. The summed E-state index contributed by atoms with van der Waals surface area (Å²) in [7, 11) is 0. The fourth-order valence-electron chi connectivity index (χ4n) is 0.781. The van der Waals surface area contributed by atoms with Crippen LogP contribution in [0, 0.1) is 19.3 Å². The molecule has 0 aromatic carbocycles. The molecule has 1 rings (SSSR count). The van der Waals surface area contributed by atoms with Crippen molar-refractivity contribution in [2.75, 3.05) is 5.73 Å². The van der Waals surface area contributed by atoms with Gasteiger partial charge in [-0.2, -0.15) is 0 Å². The summed E-state index contributed by atoms with van der Waals surface area (Å²) in [5, 5.41) is 0.548. The van der Waals surface area contributed by atoms with Gasteiger partial charge in [0.2, 0.25) is 0 Å². The summed E-state index contributed by atoms with van der Waals surface area (Å²) < 4.78 is 0. The summed E-state index contributed by atoms with van der Waals surface area (Å²) in [4.78, 5) is 3.81. The Kier molecular flexibility index (Phi) is 2.02. The molecule has 0 spiro atoms. The van der Waals surface area contributed by atoms with E-state index in [9.17, 15) is 0 Å². The number of hydrogen-bond acceptors (Lipinski definition) is 2. The first-order valence-electron chi connectivity index (χ1n) is 3.04. The van der Waals surface area contributed by atoms with Crippen LogP contribution < -0.4 is 5.73 Å². The molecular weight excluding hydrogens is 160 g/mol. The molecular formula is C8H7ClN2. The summed E-state index contributed by atoms with van der Waals surface area (Å²) >= 11 is 5.75. The number of anilines is 1. The topological polar surface area (TPSA) is 38.9 Å². The summed E-state index contributed by atoms with van der Waals surface area (Å²) in [5.41, 5.74) is 6.88. The molecule has 1 aromatic rings. The molecule has 0 aliphatic carbocycles. The molecule has 3 heteroatoms. The van der Waals surface area contributed by atoms with Gasteiger partial charge in [-0.15, -0.1) is 6.42 Å². The van der Waals surface area contributed by atoms with Crippen LogP contribution in [0.15, 0.2) is 6.20 Å². The molecule has 2 nitrogen and oxygen atoms in total. The summed E-state index contributed by atoms with van der Waals surface area (Å²) in [6.07, 6.45) is 6.68. The minimum absolute atomic E-state index is 0.356. The van der Waals surface area contributed by atoms with Gasteiger partial charge in [0, 0.05) is 6.20 Å². The molecule has 0 saturated carbocycles. The maximum atomic E-state index is 5.75. The van der Waals surface area contributed by atoms with Gasteiger partial charge in [-0.05, 0) is 12.5 Å². The largest absolute Gasteiger partial charge is 0.383 e. The van der Waals surface area contributed by atoms with Crippen LogP contribution in [0.5, 0.6) is 0 Å². The van der Waals surface area contributed by atoms with Gasteiger partial charge in [-0.25, -0.2) is 4.98 Å². The van der Waals surface area contributed by atoms with Crippen LogP contribution in [-0.2, 0) is 0 Å². The van der Waals surface area contributed by atoms with E-state index in [1.165, 1.54) is 6.20 Å². The zero-order valence-electron chi connectivity index (χ0n) is 6.06. The van der Waals surface area contributed by atoms with Crippen molar-refractivity contribution in [2.45, 2.75) is 6.92 Å². The van der Waals surface area contributed by atoms with Crippen LogP contribution >= 0.6 is 11.6 Å². The summed E-state index contributed by atoms with van der Waals surface area (Å²) in [6.45, 7) is 1.82. The number of hydrogen-bond donors (Lipinski definition) is 1. The Bertz CT molecular complexity index is 326. The zero-order valence-corrected chi connectivity index (χ0v) is 6.81. The Balaban J connectivity index is 3.44. The van der Waals surface area contributed by atoms with Crippen LogP contribution in [0.4, 0.5) is 5.82 Å². The number of nitrogens with two attached hydrogens (primary N) is 1. The van der Waals surface area contributed by atoms with Crippen LogP contribution in [0.2, 0.25) is 5.02 Å². The number of rotatable bonds is 0. The highest BCUT2D eigenvalue weighted by Crippen LogP contribution is 2.20. The highest BCUT2D eigenvalue weighted by atomic mass is 35.5. The first-order chi connectivity index (χ1) is 5.16. The number of pyridine rings is 1. The molecule has 0 aliphatic rings. The lowest BCUT2D eigenvalue weighted by molar-refractivity contribution is 1.28. The molecule has 0 bridgehead atoms. The Hall–Kier alpha value is -1.20. The Morgan fingerprint density at radius 1 is 1.73 bits per heavy atom. The number of terminal acetylenes is 1. The van der Waals surface area contributed by atoms with E-state index in [2.05, 4.69) is 10.9 Å². The predicted octanol–water partition coefficient (Wildman–Crippen LogP) is 1.61. The highest BCUT2D eigenvalue weighted by molar-refractivity contribution is 6.31. The number of halogens is 1. The normalized spacial score (nSPS) is 9.18. The molecule has 0 unspecified atom stereocenters. The van der Waals surface area contributed by atoms with E-state index in [-0.39, 0.29) is 0 Å². The molecule has 0 saturated heterocycles. The van der Waals surface area contributed by atoms with Crippen LogP contribution in [0.3, 0.4) is 0 Å². The molecule has 0 amide bonds. The third kappa shape index (κ3) is 1.28. The smallest absolute Gasteiger partial charge is 0.139 e. The van der Waals surface area contributed by atoms with Crippen molar-refractivity contribution >= 4 is 17.4 Å². The Morgan fingerprint density at radius 2 is 2.36 bits per heavy atom. The van der Waals surface area contributed by atoms with E-state index in [0.717, 1.165) is 5.56 Å². The third-order valence-corrected chi connectivity index (χ3v) is 1.83. The minimum Gasteiger partial charge on any atom is -0.383 e. The second-order valence-electron chi connectivity index (χ2n) is 2.14. The number of nitrogen functional groups attached to an aromatic ring is 1. The lowest BCUT2D eigenvalue weighted by Crippen LogP contribution is -1.96. The molecule has 0 atom stereocenters. The lowest BCUT2D eigenvalue weighted by Gasteiger charge is -2.02. The van der Waals surface area contributed by atoms with Crippen molar-refractivity contribution < 1.29 is 0 Å². The van der Waals surface area contributed by atoms with Gasteiger partial charge in [0.25, 0.3) is 0 Å². The summed E-state index contributed by atoms with van der Waals surface area (Å²) in [6, 6.07) is 0. The van der Waals surface area contributed by atoms with E-state index in [0.29, 0.717) is 16.4 Å². The van der Waals surface area contributed by atoms with Crippen molar-refractivity contribution in [1.82, 2.24) is 4.98 Å². The maximum Gasteiger partial charge on any atom is 0.139 e. The SMILES string of the molecule is C#Cc1c(N)ncc(Cl)c1C. The average Bonchev–Trinajstić information content (AvgIpc) is 1.99. The molecule has 0 radical (unpaired) electrons. The van der Waals surface area contributed by atoms with Gasteiger partial charge in [-0.3, -0.25) is 0 Å². The fourth-order valence-corrected chi connectivity index (χ4v) is 0.925. The molecule has 1 aromatic heterocycles. The first-order valence-corrected chi connectivity index (χ1v) is 3.41. The van der Waals surface area contributed by atoms with Gasteiger partial charge in [0.1, 0.15) is 5.82 Å².